The fraction of sp³-hybridized carbons (Fsp3) is 0.842. The van der Waals surface area contributed by atoms with Crippen LogP contribution < -0.4 is 16.0 Å². The molecule has 2 aliphatic carbocycles. The molecular weight excluding hydrogens is 471 g/mol. The first-order valence-corrected chi connectivity index (χ1v) is 10.5. The Labute approximate surface area is 185 Å². The zero-order chi connectivity index (χ0) is 19.1. The normalized spacial score (nSPS) is 20.3. The summed E-state index contributed by atoms with van der Waals surface area (Å²) < 4.78 is 0. The molecule has 2 amide bonds. The Kier molecular flexibility index (Phi) is 9.76. The average Bonchev–Trinajstić information content (AvgIpc) is 3.56. The lowest BCUT2D eigenvalue weighted by molar-refractivity contribution is -0.123. The molecule has 160 valence electrons. The Morgan fingerprint density at radius 1 is 0.964 bits per heavy atom. The zero-order valence-corrected chi connectivity index (χ0v) is 19.2. The van der Waals surface area contributed by atoms with Gasteiger partial charge in [0, 0.05) is 57.8 Å². The Morgan fingerprint density at radius 2 is 1.57 bits per heavy atom. The van der Waals surface area contributed by atoms with E-state index >= 15 is 0 Å². The number of carbonyl (C=O) groups is 2. The monoisotopic (exact) mass is 506 g/mol. The third kappa shape index (κ3) is 8.50. The maximum absolute atomic E-state index is 11.9. The van der Waals surface area contributed by atoms with Crippen molar-refractivity contribution in [2.24, 2.45) is 4.99 Å². The van der Waals surface area contributed by atoms with Crippen molar-refractivity contribution in [3.05, 3.63) is 0 Å². The van der Waals surface area contributed by atoms with E-state index in [1.807, 2.05) is 0 Å². The predicted molar refractivity (Wildman–Crippen MR) is 121 cm³/mol. The summed E-state index contributed by atoms with van der Waals surface area (Å²) in [5, 5.41) is 9.42. The molecule has 0 aromatic heterocycles. The lowest BCUT2D eigenvalue weighted by atomic mass is 10.3. The molecule has 0 aromatic carbocycles. The van der Waals surface area contributed by atoms with E-state index in [4.69, 9.17) is 4.99 Å². The third-order valence-corrected chi connectivity index (χ3v) is 5.08. The largest absolute Gasteiger partial charge is 0.357 e. The summed E-state index contributed by atoms with van der Waals surface area (Å²) in [5.41, 5.74) is 0. The molecule has 1 aliphatic heterocycles. The standard InChI is InChI=1S/C19H34N6O2.HI/c1-2-20-19(21-9-3-4-17(26)22-15-5-6-15)25-12-10-24(11-13-25)14-18(27)23-16-7-8-16;/h15-16H,2-14H2,1H3,(H,20,21)(H,22,26)(H,23,27);1H. The highest BCUT2D eigenvalue weighted by atomic mass is 127. The number of aliphatic imine (C=N–C) groups is 1. The Bertz CT molecular complexity index is 543. The van der Waals surface area contributed by atoms with Crippen molar-refractivity contribution >= 4 is 41.8 Å². The van der Waals surface area contributed by atoms with Crippen LogP contribution in [0.4, 0.5) is 0 Å². The van der Waals surface area contributed by atoms with Crippen molar-refractivity contribution in [3.8, 4) is 0 Å². The third-order valence-electron chi connectivity index (χ3n) is 5.08. The molecule has 0 atom stereocenters. The van der Waals surface area contributed by atoms with Gasteiger partial charge >= 0.3 is 0 Å². The van der Waals surface area contributed by atoms with E-state index in [1.54, 1.807) is 0 Å². The first-order valence-electron chi connectivity index (χ1n) is 10.5. The van der Waals surface area contributed by atoms with E-state index in [1.165, 1.54) is 0 Å². The first-order chi connectivity index (χ1) is 13.1. The number of rotatable bonds is 9. The summed E-state index contributed by atoms with van der Waals surface area (Å²) in [4.78, 5) is 32.8. The van der Waals surface area contributed by atoms with Crippen LogP contribution >= 0.6 is 24.0 Å². The zero-order valence-electron chi connectivity index (χ0n) is 16.9. The molecule has 3 N–H and O–H groups in total. The highest BCUT2D eigenvalue weighted by Crippen LogP contribution is 2.19. The van der Waals surface area contributed by atoms with E-state index in [0.29, 0.717) is 31.6 Å². The highest BCUT2D eigenvalue weighted by molar-refractivity contribution is 14.0. The smallest absolute Gasteiger partial charge is 0.234 e. The molecule has 8 nitrogen and oxygen atoms in total. The molecule has 3 fully saturated rings. The summed E-state index contributed by atoms with van der Waals surface area (Å²) in [5.74, 6) is 1.22. The molecule has 3 rings (SSSR count). The number of halogens is 1. The molecule has 0 unspecified atom stereocenters. The van der Waals surface area contributed by atoms with Gasteiger partial charge in [0.15, 0.2) is 5.96 Å². The van der Waals surface area contributed by atoms with Gasteiger partial charge in [0.1, 0.15) is 0 Å². The number of nitrogens with zero attached hydrogens (tertiary/aromatic N) is 3. The van der Waals surface area contributed by atoms with Gasteiger partial charge in [0.05, 0.1) is 6.54 Å². The molecular formula is C19H35IN6O2. The van der Waals surface area contributed by atoms with Crippen LogP contribution in [0.15, 0.2) is 4.99 Å². The van der Waals surface area contributed by atoms with Crippen LogP contribution in [0.5, 0.6) is 0 Å². The quantitative estimate of drug-likeness (QED) is 0.184. The van der Waals surface area contributed by atoms with Crippen molar-refractivity contribution in [1.29, 1.82) is 0 Å². The van der Waals surface area contributed by atoms with Crippen molar-refractivity contribution in [2.45, 2.75) is 57.5 Å². The number of amides is 2. The van der Waals surface area contributed by atoms with Gasteiger partial charge in [0.25, 0.3) is 0 Å². The van der Waals surface area contributed by atoms with Crippen LogP contribution in [0, 0.1) is 0 Å². The molecule has 1 saturated heterocycles. The van der Waals surface area contributed by atoms with Gasteiger partial charge in [0.2, 0.25) is 11.8 Å². The second-order valence-corrected chi connectivity index (χ2v) is 7.79. The molecule has 2 saturated carbocycles. The topological polar surface area (TPSA) is 89.1 Å². The first kappa shape index (κ1) is 23.2. The van der Waals surface area contributed by atoms with E-state index < -0.39 is 0 Å². The summed E-state index contributed by atoms with van der Waals surface area (Å²) in [7, 11) is 0. The summed E-state index contributed by atoms with van der Waals surface area (Å²) >= 11 is 0. The Hall–Kier alpha value is -1.10. The van der Waals surface area contributed by atoms with E-state index in [9.17, 15) is 9.59 Å². The van der Waals surface area contributed by atoms with Crippen molar-refractivity contribution in [2.75, 3.05) is 45.8 Å². The Morgan fingerprint density at radius 3 is 2.14 bits per heavy atom. The molecule has 0 aromatic rings. The second kappa shape index (κ2) is 11.8. The average molecular weight is 506 g/mol. The predicted octanol–water partition coefficient (Wildman–Crippen LogP) is 0.525. The van der Waals surface area contributed by atoms with Crippen LogP contribution in [-0.4, -0.2) is 85.5 Å². The molecule has 0 radical (unpaired) electrons. The van der Waals surface area contributed by atoms with Gasteiger partial charge in [-0.05, 0) is 39.0 Å². The highest BCUT2D eigenvalue weighted by Gasteiger charge is 2.26. The fourth-order valence-electron chi connectivity index (χ4n) is 3.20. The van der Waals surface area contributed by atoms with Crippen LogP contribution in [-0.2, 0) is 9.59 Å². The maximum atomic E-state index is 11.9. The van der Waals surface area contributed by atoms with Gasteiger partial charge in [-0.25, -0.2) is 0 Å². The fourth-order valence-corrected chi connectivity index (χ4v) is 3.20. The van der Waals surface area contributed by atoms with Crippen molar-refractivity contribution < 1.29 is 9.59 Å². The minimum Gasteiger partial charge on any atom is -0.357 e. The van der Waals surface area contributed by atoms with Crippen LogP contribution in [0.1, 0.15) is 45.4 Å². The van der Waals surface area contributed by atoms with Crippen LogP contribution in [0.25, 0.3) is 0 Å². The molecule has 0 spiro atoms. The van der Waals surface area contributed by atoms with Crippen molar-refractivity contribution in [1.82, 2.24) is 25.8 Å². The van der Waals surface area contributed by atoms with Crippen LogP contribution in [0.2, 0.25) is 0 Å². The summed E-state index contributed by atoms with van der Waals surface area (Å²) in [6.45, 7) is 7.51. The van der Waals surface area contributed by atoms with Gasteiger partial charge in [-0.15, -0.1) is 24.0 Å². The minimum atomic E-state index is 0. The van der Waals surface area contributed by atoms with E-state index in [-0.39, 0.29) is 35.8 Å². The number of hydrogen-bond acceptors (Lipinski definition) is 4. The lowest BCUT2D eigenvalue weighted by Gasteiger charge is -2.36. The SMILES string of the molecule is CCNC(=NCCCC(=O)NC1CC1)N1CCN(CC(=O)NC2CC2)CC1.I. The van der Waals surface area contributed by atoms with Gasteiger partial charge in [-0.1, -0.05) is 0 Å². The number of nitrogens with one attached hydrogen (secondary N) is 3. The van der Waals surface area contributed by atoms with Gasteiger partial charge in [-0.2, -0.15) is 0 Å². The number of piperazine rings is 1. The summed E-state index contributed by atoms with van der Waals surface area (Å²) in [6, 6.07) is 0.860. The lowest BCUT2D eigenvalue weighted by Crippen LogP contribution is -2.54. The Balaban J connectivity index is 0.00000280. The van der Waals surface area contributed by atoms with Crippen LogP contribution in [0.3, 0.4) is 0 Å². The van der Waals surface area contributed by atoms with E-state index in [0.717, 1.165) is 70.8 Å². The van der Waals surface area contributed by atoms with Gasteiger partial charge in [-0.3, -0.25) is 19.5 Å². The van der Waals surface area contributed by atoms with Gasteiger partial charge < -0.3 is 20.9 Å². The molecule has 9 heteroatoms. The second-order valence-electron chi connectivity index (χ2n) is 7.79. The molecule has 1 heterocycles. The molecule has 28 heavy (non-hydrogen) atoms. The molecule has 3 aliphatic rings. The number of carbonyl (C=O) groups excluding carboxylic acids is 2. The minimum absolute atomic E-state index is 0. The van der Waals surface area contributed by atoms with Crippen molar-refractivity contribution in [3.63, 3.8) is 0 Å². The summed E-state index contributed by atoms with van der Waals surface area (Å²) in [6.07, 6.45) is 5.83. The van der Waals surface area contributed by atoms with E-state index in [2.05, 4.69) is 32.7 Å². The molecule has 0 bridgehead atoms. The number of hydrogen-bond donors (Lipinski definition) is 3. The maximum Gasteiger partial charge on any atom is 0.234 e. The number of guanidine groups is 1.